The zero-order valence-corrected chi connectivity index (χ0v) is 9.26. The second kappa shape index (κ2) is 5.05. The summed E-state index contributed by atoms with van der Waals surface area (Å²) in [4.78, 5) is 13.5. The maximum absolute atomic E-state index is 11.7. The van der Waals surface area contributed by atoms with Crippen molar-refractivity contribution in [3.63, 3.8) is 0 Å². The highest BCUT2D eigenvalue weighted by molar-refractivity contribution is 5.81. The van der Waals surface area contributed by atoms with Crippen LogP contribution in [0.2, 0.25) is 0 Å². The van der Waals surface area contributed by atoms with Crippen LogP contribution in [0.15, 0.2) is 12.7 Å². The van der Waals surface area contributed by atoms with Gasteiger partial charge in [0.25, 0.3) is 0 Å². The lowest BCUT2D eigenvalue weighted by molar-refractivity contribution is -0.138. The van der Waals surface area contributed by atoms with Crippen molar-refractivity contribution >= 4 is 5.91 Å². The SMILES string of the molecule is C=CCCCN(C)C(=O)C(C)(C)C. The topological polar surface area (TPSA) is 20.3 Å². The summed E-state index contributed by atoms with van der Waals surface area (Å²) in [6.45, 7) is 10.3. The predicted molar refractivity (Wildman–Crippen MR) is 56.5 cm³/mol. The highest BCUT2D eigenvalue weighted by atomic mass is 16.2. The van der Waals surface area contributed by atoms with Gasteiger partial charge in [-0.05, 0) is 12.8 Å². The van der Waals surface area contributed by atoms with Crippen LogP contribution in [0.25, 0.3) is 0 Å². The number of allylic oxidation sites excluding steroid dienone is 1. The monoisotopic (exact) mass is 183 g/mol. The molecule has 0 fully saturated rings. The van der Waals surface area contributed by atoms with Crippen LogP contribution in [0.5, 0.6) is 0 Å². The van der Waals surface area contributed by atoms with E-state index in [2.05, 4.69) is 6.58 Å². The third-order valence-electron chi connectivity index (χ3n) is 1.89. The molecule has 0 aromatic rings. The Morgan fingerprint density at radius 1 is 1.46 bits per heavy atom. The number of hydrogen-bond donors (Lipinski definition) is 0. The Labute approximate surface area is 81.6 Å². The van der Waals surface area contributed by atoms with Gasteiger partial charge in [0.05, 0.1) is 0 Å². The van der Waals surface area contributed by atoms with E-state index in [1.807, 2.05) is 33.9 Å². The fraction of sp³-hybridized carbons (Fsp3) is 0.727. The third-order valence-corrected chi connectivity index (χ3v) is 1.89. The van der Waals surface area contributed by atoms with Crippen LogP contribution in [-0.4, -0.2) is 24.4 Å². The second-order valence-corrected chi connectivity index (χ2v) is 4.41. The van der Waals surface area contributed by atoms with Gasteiger partial charge in [0, 0.05) is 19.0 Å². The molecule has 13 heavy (non-hydrogen) atoms. The predicted octanol–water partition coefficient (Wildman–Crippen LogP) is 2.46. The molecule has 0 unspecified atom stereocenters. The van der Waals surface area contributed by atoms with Gasteiger partial charge in [-0.2, -0.15) is 0 Å². The molecule has 0 saturated carbocycles. The third kappa shape index (κ3) is 4.71. The molecule has 1 amide bonds. The van der Waals surface area contributed by atoms with E-state index >= 15 is 0 Å². The Hall–Kier alpha value is -0.790. The Morgan fingerprint density at radius 3 is 2.38 bits per heavy atom. The van der Waals surface area contributed by atoms with E-state index in [1.165, 1.54) is 0 Å². The summed E-state index contributed by atoms with van der Waals surface area (Å²) >= 11 is 0. The average molecular weight is 183 g/mol. The standard InChI is InChI=1S/C11H21NO/c1-6-7-8-9-12(5)10(13)11(2,3)4/h6H,1,7-9H2,2-5H3. The Balaban J connectivity index is 3.90. The molecule has 0 spiro atoms. The summed E-state index contributed by atoms with van der Waals surface area (Å²) in [5.41, 5.74) is -0.261. The number of nitrogens with zero attached hydrogens (tertiary/aromatic N) is 1. The number of carbonyl (C=O) groups excluding carboxylic acids is 1. The van der Waals surface area contributed by atoms with Crippen molar-refractivity contribution in [1.82, 2.24) is 4.90 Å². The van der Waals surface area contributed by atoms with Gasteiger partial charge >= 0.3 is 0 Å². The maximum Gasteiger partial charge on any atom is 0.227 e. The summed E-state index contributed by atoms with van der Waals surface area (Å²) < 4.78 is 0. The molecular weight excluding hydrogens is 162 g/mol. The minimum absolute atomic E-state index is 0.205. The van der Waals surface area contributed by atoms with E-state index in [0.29, 0.717) is 0 Å². The van der Waals surface area contributed by atoms with Gasteiger partial charge in [-0.1, -0.05) is 26.8 Å². The molecule has 0 aromatic carbocycles. The van der Waals surface area contributed by atoms with E-state index in [1.54, 1.807) is 4.90 Å². The van der Waals surface area contributed by atoms with Crippen LogP contribution in [0.1, 0.15) is 33.6 Å². The van der Waals surface area contributed by atoms with E-state index < -0.39 is 0 Å². The summed E-state index contributed by atoms with van der Waals surface area (Å²) in [5.74, 6) is 0.205. The number of carbonyl (C=O) groups is 1. The normalized spacial score (nSPS) is 11.1. The van der Waals surface area contributed by atoms with Crippen molar-refractivity contribution in [3.8, 4) is 0 Å². The van der Waals surface area contributed by atoms with E-state index in [0.717, 1.165) is 19.4 Å². The summed E-state index contributed by atoms with van der Waals surface area (Å²) in [6.07, 6.45) is 3.86. The molecule has 0 aromatic heterocycles. The Morgan fingerprint density at radius 2 is 2.00 bits per heavy atom. The highest BCUT2D eigenvalue weighted by Crippen LogP contribution is 2.16. The van der Waals surface area contributed by atoms with Gasteiger partial charge < -0.3 is 4.90 Å². The van der Waals surface area contributed by atoms with E-state index in [9.17, 15) is 4.79 Å². The molecule has 2 heteroatoms. The van der Waals surface area contributed by atoms with Crippen molar-refractivity contribution in [1.29, 1.82) is 0 Å². The van der Waals surface area contributed by atoms with Gasteiger partial charge in [0.15, 0.2) is 0 Å². The van der Waals surface area contributed by atoms with E-state index in [-0.39, 0.29) is 11.3 Å². The fourth-order valence-electron chi connectivity index (χ4n) is 1.15. The van der Waals surface area contributed by atoms with Crippen LogP contribution in [0.4, 0.5) is 0 Å². The first-order valence-electron chi connectivity index (χ1n) is 4.76. The van der Waals surface area contributed by atoms with Crippen molar-refractivity contribution in [2.24, 2.45) is 5.41 Å². The summed E-state index contributed by atoms with van der Waals surface area (Å²) in [6, 6.07) is 0. The van der Waals surface area contributed by atoms with Crippen LogP contribution in [0, 0.1) is 5.41 Å². The molecule has 76 valence electrons. The van der Waals surface area contributed by atoms with Crippen LogP contribution in [-0.2, 0) is 4.79 Å². The number of unbranched alkanes of at least 4 members (excludes halogenated alkanes) is 1. The van der Waals surface area contributed by atoms with Crippen molar-refractivity contribution in [2.45, 2.75) is 33.6 Å². The first-order chi connectivity index (χ1) is 5.89. The minimum atomic E-state index is -0.261. The van der Waals surface area contributed by atoms with E-state index in [4.69, 9.17) is 0 Å². The smallest absolute Gasteiger partial charge is 0.227 e. The zero-order chi connectivity index (χ0) is 10.5. The molecule has 0 bridgehead atoms. The lowest BCUT2D eigenvalue weighted by atomic mass is 9.95. The summed E-state index contributed by atoms with van der Waals surface area (Å²) in [5, 5.41) is 0. The molecule has 0 atom stereocenters. The average Bonchev–Trinajstić information content (AvgIpc) is 2.01. The quantitative estimate of drug-likeness (QED) is 0.484. The van der Waals surface area contributed by atoms with Crippen LogP contribution in [0.3, 0.4) is 0 Å². The highest BCUT2D eigenvalue weighted by Gasteiger charge is 2.24. The van der Waals surface area contributed by atoms with Gasteiger partial charge in [-0.15, -0.1) is 6.58 Å². The van der Waals surface area contributed by atoms with Gasteiger partial charge in [0.2, 0.25) is 5.91 Å². The lowest BCUT2D eigenvalue weighted by Gasteiger charge is -2.25. The molecule has 0 aliphatic carbocycles. The molecular formula is C11H21NO. The molecule has 0 aliphatic rings. The molecule has 0 saturated heterocycles. The molecule has 0 rings (SSSR count). The molecule has 0 N–H and O–H groups in total. The van der Waals surface area contributed by atoms with Gasteiger partial charge in [-0.25, -0.2) is 0 Å². The zero-order valence-electron chi connectivity index (χ0n) is 9.26. The fourth-order valence-corrected chi connectivity index (χ4v) is 1.15. The van der Waals surface area contributed by atoms with Crippen molar-refractivity contribution < 1.29 is 4.79 Å². The van der Waals surface area contributed by atoms with Crippen molar-refractivity contribution in [3.05, 3.63) is 12.7 Å². The van der Waals surface area contributed by atoms with Crippen LogP contribution < -0.4 is 0 Å². The molecule has 0 heterocycles. The maximum atomic E-state index is 11.7. The molecule has 0 radical (unpaired) electrons. The first kappa shape index (κ1) is 12.2. The van der Waals surface area contributed by atoms with Crippen molar-refractivity contribution in [2.75, 3.05) is 13.6 Å². The minimum Gasteiger partial charge on any atom is -0.345 e. The Kier molecular flexibility index (Phi) is 4.74. The lowest BCUT2D eigenvalue weighted by Crippen LogP contribution is -2.37. The van der Waals surface area contributed by atoms with Gasteiger partial charge in [-0.3, -0.25) is 4.79 Å². The molecule has 0 aliphatic heterocycles. The summed E-state index contributed by atoms with van der Waals surface area (Å²) in [7, 11) is 1.86. The first-order valence-corrected chi connectivity index (χ1v) is 4.76. The number of hydrogen-bond acceptors (Lipinski definition) is 1. The van der Waals surface area contributed by atoms with Gasteiger partial charge in [0.1, 0.15) is 0 Å². The number of rotatable bonds is 4. The Bertz CT molecular complexity index is 179. The second-order valence-electron chi connectivity index (χ2n) is 4.41. The number of amides is 1. The van der Waals surface area contributed by atoms with Crippen LogP contribution >= 0.6 is 0 Å². The molecule has 2 nitrogen and oxygen atoms in total. The largest absolute Gasteiger partial charge is 0.345 e.